The van der Waals surface area contributed by atoms with E-state index in [1.54, 1.807) is 19.7 Å². The first-order chi connectivity index (χ1) is 15.2. The molecule has 0 spiro atoms. The van der Waals surface area contributed by atoms with Crippen LogP contribution in [0.5, 0.6) is 0 Å². The summed E-state index contributed by atoms with van der Waals surface area (Å²) in [4.78, 5) is 19.2. The van der Waals surface area contributed by atoms with Gasteiger partial charge in [0.15, 0.2) is 0 Å². The second-order valence-corrected chi connectivity index (χ2v) is 16.0. The van der Waals surface area contributed by atoms with Crippen molar-refractivity contribution in [2.45, 2.75) is 104 Å². The summed E-state index contributed by atoms with van der Waals surface area (Å²) in [7, 11) is 6.62. The topological polar surface area (TPSA) is 57.2 Å². The summed E-state index contributed by atoms with van der Waals surface area (Å²) < 4.78 is 9.40. The standard InChI is InChI=1S/C16H35O5P.C3H8S6/c1-3-5-7-9-11-13-15-18-20-22(17)21-19-16-14-12-10-8-6-4-2;1-2-3-5-7-9-8-6-4/h17H,3-16H2,1-2H3;4H,2-3H2,1H3. The third-order valence-electron chi connectivity index (χ3n) is 3.82. The van der Waals surface area contributed by atoms with Gasteiger partial charge in [0.05, 0.1) is 13.2 Å². The summed E-state index contributed by atoms with van der Waals surface area (Å²) in [6.07, 6.45) is 15.5. The number of thiol groups is 1. The van der Waals surface area contributed by atoms with Crippen molar-refractivity contribution in [2.75, 3.05) is 19.0 Å². The molecule has 31 heavy (non-hydrogen) atoms. The van der Waals surface area contributed by atoms with E-state index in [-0.39, 0.29) is 0 Å². The molecule has 0 aromatic carbocycles. The Labute approximate surface area is 216 Å². The largest absolute Gasteiger partial charge is 0.389 e. The number of rotatable bonds is 24. The molecule has 0 amide bonds. The molecule has 0 bridgehead atoms. The van der Waals surface area contributed by atoms with Gasteiger partial charge in [-0.05, 0) is 58.6 Å². The molecule has 0 aromatic rings. The predicted octanol–water partition coefficient (Wildman–Crippen LogP) is 10.4. The minimum Gasteiger partial charge on any atom is -0.325 e. The summed E-state index contributed by atoms with van der Waals surface area (Å²) >= 11 is 3.98. The maximum absolute atomic E-state index is 9.36. The fourth-order valence-electron chi connectivity index (χ4n) is 2.22. The fourth-order valence-corrected chi connectivity index (χ4v) is 11.4. The van der Waals surface area contributed by atoms with Gasteiger partial charge >= 0.3 is 8.60 Å². The zero-order valence-electron chi connectivity index (χ0n) is 19.3. The SMILES string of the molecule is CCCCCCCCOOP(O)OOCCCCCCCC.CCCSSSSSS. The van der Waals surface area contributed by atoms with E-state index < -0.39 is 8.60 Å². The summed E-state index contributed by atoms with van der Waals surface area (Å²) in [5.41, 5.74) is 0. The van der Waals surface area contributed by atoms with Gasteiger partial charge in [0.1, 0.15) is 0 Å². The van der Waals surface area contributed by atoms with Crippen molar-refractivity contribution in [2.24, 2.45) is 0 Å². The van der Waals surface area contributed by atoms with Crippen LogP contribution in [0.15, 0.2) is 0 Å². The van der Waals surface area contributed by atoms with Crippen LogP contribution >= 0.6 is 70.4 Å². The maximum Gasteiger partial charge on any atom is 0.389 e. The second kappa shape index (κ2) is 34.5. The zero-order chi connectivity index (χ0) is 23.3. The Bertz CT molecular complexity index is 289. The highest BCUT2D eigenvalue weighted by Crippen LogP contribution is 2.49. The van der Waals surface area contributed by atoms with Crippen LogP contribution < -0.4 is 0 Å². The molecular formula is C19H43O5PS6. The average molecular weight is 575 g/mol. The molecule has 5 nitrogen and oxygen atoms in total. The van der Waals surface area contributed by atoms with E-state index in [0.29, 0.717) is 13.2 Å². The van der Waals surface area contributed by atoms with Gasteiger partial charge in [-0.1, -0.05) is 107 Å². The summed E-state index contributed by atoms with van der Waals surface area (Å²) in [5.74, 6) is 1.25. The van der Waals surface area contributed by atoms with Crippen molar-refractivity contribution < 1.29 is 24.0 Å². The van der Waals surface area contributed by atoms with Crippen LogP contribution in [0.2, 0.25) is 0 Å². The van der Waals surface area contributed by atoms with Gasteiger partial charge in [-0.2, -0.15) is 9.35 Å². The van der Waals surface area contributed by atoms with Crippen LogP contribution in [0.1, 0.15) is 104 Å². The van der Waals surface area contributed by atoms with Crippen LogP contribution in [0.4, 0.5) is 0 Å². The minimum absolute atomic E-state index is 0.478. The van der Waals surface area contributed by atoms with Crippen molar-refractivity contribution in [1.82, 2.24) is 0 Å². The van der Waals surface area contributed by atoms with Gasteiger partial charge in [0.2, 0.25) is 0 Å². The molecule has 0 fully saturated rings. The number of unbranched alkanes of at least 4 members (excludes halogenated alkanes) is 10. The first-order valence-corrected chi connectivity index (χ1v) is 19.7. The third kappa shape index (κ3) is 37.1. The molecule has 0 saturated heterocycles. The van der Waals surface area contributed by atoms with Gasteiger partial charge in [-0.3, -0.25) is 0 Å². The molecule has 0 aromatic heterocycles. The van der Waals surface area contributed by atoms with E-state index in [4.69, 9.17) is 19.1 Å². The van der Waals surface area contributed by atoms with Crippen LogP contribution in [0.3, 0.4) is 0 Å². The van der Waals surface area contributed by atoms with Crippen LogP contribution in [0.25, 0.3) is 0 Å². The van der Waals surface area contributed by atoms with Gasteiger partial charge < -0.3 is 4.89 Å². The van der Waals surface area contributed by atoms with Gasteiger partial charge in [0, 0.05) is 5.75 Å². The van der Waals surface area contributed by atoms with Gasteiger partial charge in [-0.25, -0.2) is 9.78 Å². The lowest BCUT2D eigenvalue weighted by atomic mass is 10.1. The second-order valence-electron chi connectivity index (χ2n) is 6.67. The molecule has 12 heteroatoms. The Hall–Kier alpha value is 2.33. The van der Waals surface area contributed by atoms with Crippen LogP contribution in [0, 0.1) is 0 Å². The lowest BCUT2D eigenvalue weighted by Crippen LogP contribution is -1.98. The molecule has 0 aliphatic rings. The van der Waals surface area contributed by atoms with E-state index in [1.165, 1.54) is 73.4 Å². The monoisotopic (exact) mass is 574 g/mol. The Balaban J connectivity index is 0. The summed E-state index contributed by atoms with van der Waals surface area (Å²) in [5, 5.41) is 0. The van der Waals surface area contributed by atoms with Crippen molar-refractivity contribution in [1.29, 1.82) is 0 Å². The highest BCUT2D eigenvalue weighted by atomic mass is 33.9. The molecular weight excluding hydrogens is 532 g/mol. The number of hydrogen-bond donors (Lipinski definition) is 2. The van der Waals surface area contributed by atoms with Crippen LogP contribution in [-0.4, -0.2) is 23.9 Å². The Kier molecular flexibility index (Phi) is 39.5. The quantitative estimate of drug-likeness (QED) is 0.0291. The van der Waals surface area contributed by atoms with Crippen molar-refractivity contribution >= 4 is 70.4 Å². The van der Waals surface area contributed by atoms with E-state index in [1.807, 2.05) is 20.6 Å². The van der Waals surface area contributed by atoms with E-state index >= 15 is 0 Å². The average Bonchev–Trinajstić information content (AvgIpc) is 2.78. The summed E-state index contributed by atoms with van der Waals surface area (Å²) in [6, 6.07) is 0. The predicted molar refractivity (Wildman–Crippen MR) is 152 cm³/mol. The molecule has 0 unspecified atom stereocenters. The molecule has 0 radical (unpaired) electrons. The van der Waals surface area contributed by atoms with Gasteiger partial charge in [-0.15, -0.1) is 0 Å². The lowest BCUT2D eigenvalue weighted by Gasteiger charge is -2.08. The molecule has 0 heterocycles. The third-order valence-corrected chi connectivity index (χ3v) is 13.5. The van der Waals surface area contributed by atoms with E-state index in [2.05, 4.69) is 32.4 Å². The normalized spacial score (nSPS) is 11.0. The van der Waals surface area contributed by atoms with E-state index in [9.17, 15) is 4.89 Å². The van der Waals surface area contributed by atoms with Crippen molar-refractivity contribution in [3.8, 4) is 0 Å². The smallest absolute Gasteiger partial charge is 0.325 e. The first kappa shape index (κ1) is 35.5. The lowest BCUT2D eigenvalue weighted by molar-refractivity contribution is -0.267. The molecule has 190 valence electrons. The molecule has 0 rings (SSSR count). The number of hydrogen-bond acceptors (Lipinski definition) is 11. The summed E-state index contributed by atoms with van der Waals surface area (Å²) in [6.45, 7) is 7.56. The minimum atomic E-state index is -2.09. The molecule has 0 aliphatic heterocycles. The zero-order valence-corrected chi connectivity index (χ0v) is 25.2. The molecule has 0 aliphatic carbocycles. The molecule has 1 N–H and O–H groups in total. The van der Waals surface area contributed by atoms with Crippen molar-refractivity contribution in [3.63, 3.8) is 0 Å². The van der Waals surface area contributed by atoms with E-state index in [0.717, 1.165) is 25.7 Å². The Morgan fingerprint density at radius 3 is 1.58 bits per heavy atom. The van der Waals surface area contributed by atoms with Gasteiger partial charge in [0.25, 0.3) is 0 Å². The fraction of sp³-hybridized carbons (Fsp3) is 1.00. The van der Waals surface area contributed by atoms with Crippen LogP contribution in [-0.2, 0) is 19.1 Å². The van der Waals surface area contributed by atoms with Crippen molar-refractivity contribution in [3.05, 3.63) is 0 Å². The Morgan fingerprint density at radius 2 is 1.13 bits per heavy atom. The molecule has 0 saturated carbocycles. The first-order valence-electron chi connectivity index (χ1n) is 11.2. The highest BCUT2D eigenvalue weighted by molar-refractivity contribution is 9.41. The Morgan fingerprint density at radius 1 is 0.645 bits per heavy atom. The highest BCUT2D eigenvalue weighted by Gasteiger charge is 2.09. The molecule has 0 atom stereocenters. The maximum atomic E-state index is 9.36.